The van der Waals surface area contributed by atoms with E-state index >= 15 is 0 Å². The van der Waals surface area contributed by atoms with E-state index in [1.165, 1.54) is 24.0 Å². The van der Waals surface area contributed by atoms with Crippen LogP contribution >= 0.6 is 0 Å². The maximum Gasteiger partial charge on any atom is 0.00812 e. The lowest BCUT2D eigenvalue weighted by atomic mass is 9.26. The van der Waals surface area contributed by atoms with Crippen LogP contribution in [-0.2, 0) is 10.8 Å². The number of aryl methyl sites for hydroxylation is 2. The highest BCUT2D eigenvalue weighted by Gasteiger charge is 2.74. The normalized spacial score (nSPS) is 36.2. The number of rotatable bonds is 2. The Hall–Kier alpha value is -1.56. The second-order valence-electron chi connectivity index (χ2n) is 7.75. The number of fused-ring (bicyclic) bond motifs is 1. The van der Waals surface area contributed by atoms with Crippen LogP contribution in [-0.4, -0.2) is 0 Å². The molecule has 2 aromatic rings. The van der Waals surface area contributed by atoms with Crippen molar-refractivity contribution in [2.75, 3.05) is 0 Å². The first-order valence-corrected chi connectivity index (χ1v) is 8.67. The summed E-state index contributed by atoms with van der Waals surface area (Å²) in [6.07, 6.45) is 2.69. The summed E-state index contributed by atoms with van der Waals surface area (Å²) in [5.74, 6) is 1.54. The van der Waals surface area contributed by atoms with Crippen LogP contribution in [0.5, 0.6) is 0 Å². The molecule has 0 N–H and O–H groups in total. The van der Waals surface area contributed by atoms with Crippen LogP contribution in [0.1, 0.15) is 48.9 Å². The molecular formula is C22H26. The van der Waals surface area contributed by atoms with Gasteiger partial charge in [-0.1, -0.05) is 73.5 Å². The molecule has 0 unspecified atom stereocenters. The van der Waals surface area contributed by atoms with Gasteiger partial charge in [0.05, 0.1) is 0 Å². The fourth-order valence-corrected chi connectivity index (χ4v) is 5.72. The van der Waals surface area contributed by atoms with Gasteiger partial charge in [0, 0.05) is 10.8 Å². The molecule has 0 saturated heterocycles. The lowest BCUT2D eigenvalue weighted by Gasteiger charge is -2.76. The minimum Gasteiger partial charge on any atom is -0.0613 e. The van der Waals surface area contributed by atoms with Crippen LogP contribution in [0.25, 0.3) is 0 Å². The molecule has 0 aromatic heterocycles. The van der Waals surface area contributed by atoms with Crippen molar-refractivity contribution in [2.45, 2.75) is 51.4 Å². The van der Waals surface area contributed by atoms with Crippen molar-refractivity contribution in [1.82, 2.24) is 0 Å². The lowest BCUT2D eigenvalue weighted by molar-refractivity contribution is -0.155. The molecule has 0 heteroatoms. The van der Waals surface area contributed by atoms with Crippen LogP contribution in [0.15, 0.2) is 48.5 Å². The molecule has 0 heterocycles. The van der Waals surface area contributed by atoms with Crippen LogP contribution in [0.3, 0.4) is 0 Å². The molecule has 0 amide bonds. The number of hydrogen-bond donors (Lipinski definition) is 0. The maximum absolute atomic E-state index is 2.47. The summed E-state index contributed by atoms with van der Waals surface area (Å²) < 4.78 is 0. The zero-order valence-corrected chi connectivity index (χ0v) is 14.2. The number of hydrogen-bond acceptors (Lipinski definition) is 0. The molecule has 0 spiro atoms. The van der Waals surface area contributed by atoms with Gasteiger partial charge in [-0.25, -0.2) is 0 Å². The maximum atomic E-state index is 2.47. The van der Waals surface area contributed by atoms with Gasteiger partial charge < -0.3 is 0 Å². The van der Waals surface area contributed by atoms with Gasteiger partial charge in [-0.15, -0.1) is 0 Å². The van der Waals surface area contributed by atoms with Crippen LogP contribution in [0, 0.1) is 25.7 Å². The summed E-state index contributed by atoms with van der Waals surface area (Å²) >= 11 is 0. The van der Waals surface area contributed by atoms with E-state index in [-0.39, 0.29) is 0 Å². The van der Waals surface area contributed by atoms with Gasteiger partial charge in [-0.2, -0.15) is 0 Å². The average molecular weight is 290 g/mol. The predicted octanol–water partition coefficient (Wildman–Crippen LogP) is 5.56. The van der Waals surface area contributed by atoms with Gasteiger partial charge in [0.25, 0.3) is 0 Å². The molecule has 0 bridgehead atoms. The molecule has 4 rings (SSSR count). The van der Waals surface area contributed by atoms with E-state index in [0.717, 1.165) is 11.8 Å². The summed E-state index contributed by atoms with van der Waals surface area (Å²) in [6.45, 7) is 9.30. The second kappa shape index (κ2) is 4.47. The Kier molecular flexibility index (Phi) is 2.86. The number of benzene rings is 2. The van der Waals surface area contributed by atoms with Crippen molar-refractivity contribution < 1.29 is 0 Å². The predicted molar refractivity (Wildman–Crippen MR) is 93.3 cm³/mol. The monoisotopic (exact) mass is 290 g/mol. The Labute approximate surface area is 134 Å². The van der Waals surface area contributed by atoms with Crippen LogP contribution in [0.2, 0.25) is 0 Å². The highest BCUT2D eigenvalue weighted by Crippen LogP contribution is 2.76. The van der Waals surface area contributed by atoms with E-state index in [4.69, 9.17) is 0 Å². The molecule has 2 saturated carbocycles. The molecular weight excluding hydrogens is 264 g/mol. The quantitative estimate of drug-likeness (QED) is 0.679. The Morgan fingerprint density at radius 2 is 0.955 bits per heavy atom. The molecule has 22 heavy (non-hydrogen) atoms. The first kappa shape index (κ1) is 14.1. The highest BCUT2D eigenvalue weighted by atomic mass is 14.8. The standard InChI is InChI=1S/C22H26/c1-15-5-9-19(10-6-15)21-13-14-22(21,18(4)17(21)3)20-11-7-16(2)8-12-20/h5-12,17-18H,13-14H2,1-4H3/t17-,18+,21-,22+. The zero-order valence-electron chi connectivity index (χ0n) is 14.2. The van der Waals surface area contributed by atoms with E-state index in [2.05, 4.69) is 76.2 Å². The van der Waals surface area contributed by atoms with Crippen molar-refractivity contribution in [3.63, 3.8) is 0 Å². The van der Waals surface area contributed by atoms with Crippen molar-refractivity contribution in [1.29, 1.82) is 0 Å². The molecule has 2 aliphatic rings. The van der Waals surface area contributed by atoms with E-state index in [1.807, 2.05) is 0 Å². The molecule has 0 nitrogen and oxygen atoms in total. The Morgan fingerprint density at radius 1 is 0.636 bits per heavy atom. The first-order valence-electron chi connectivity index (χ1n) is 8.67. The fraction of sp³-hybridized carbons (Fsp3) is 0.455. The van der Waals surface area contributed by atoms with Gasteiger partial charge in [-0.05, 0) is 49.7 Å². The Morgan fingerprint density at radius 3 is 1.23 bits per heavy atom. The van der Waals surface area contributed by atoms with E-state index < -0.39 is 0 Å². The van der Waals surface area contributed by atoms with E-state index in [1.54, 1.807) is 11.1 Å². The van der Waals surface area contributed by atoms with Gasteiger partial charge in [0.2, 0.25) is 0 Å². The fourth-order valence-electron chi connectivity index (χ4n) is 5.72. The first-order chi connectivity index (χ1) is 10.5. The van der Waals surface area contributed by atoms with Crippen molar-refractivity contribution in [3.8, 4) is 0 Å². The zero-order chi connectivity index (χ0) is 15.5. The van der Waals surface area contributed by atoms with Gasteiger partial charge >= 0.3 is 0 Å². The third-order valence-corrected chi connectivity index (χ3v) is 7.15. The van der Waals surface area contributed by atoms with Crippen molar-refractivity contribution in [2.24, 2.45) is 11.8 Å². The summed E-state index contributed by atoms with van der Waals surface area (Å²) in [5, 5.41) is 0. The summed E-state index contributed by atoms with van der Waals surface area (Å²) in [7, 11) is 0. The molecule has 0 radical (unpaired) electrons. The Bertz CT molecular complexity index is 630. The minimum atomic E-state index is 0.370. The molecule has 2 aromatic carbocycles. The molecule has 2 fully saturated rings. The summed E-state index contributed by atoms with van der Waals surface area (Å²) in [5.41, 5.74) is 6.59. The topological polar surface area (TPSA) is 0 Å². The van der Waals surface area contributed by atoms with Crippen LogP contribution < -0.4 is 0 Å². The summed E-state index contributed by atoms with van der Waals surface area (Å²) in [4.78, 5) is 0. The molecule has 0 aliphatic heterocycles. The van der Waals surface area contributed by atoms with Gasteiger partial charge in [-0.3, -0.25) is 0 Å². The van der Waals surface area contributed by atoms with Crippen molar-refractivity contribution >= 4 is 0 Å². The van der Waals surface area contributed by atoms with E-state index in [0.29, 0.717) is 10.8 Å². The van der Waals surface area contributed by atoms with Gasteiger partial charge in [0.15, 0.2) is 0 Å². The van der Waals surface area contributed by atoms with E-state index in [9.17, 15) is 0 Å². The SMILES string of the molecule is Cc1ccc([C@]23CC[C@@]2(c2ccc(C)cc2)[C@@H](C)[C@H]3C)cc1. The van der Waals surface area contributed by atoms with Crippen molar-refractivity contribution in [3.05, 3.63) is 70.8 Å². The molecule has 114 valence electrons. The minimum absolute atomic E-state index is 0.370. The lowest BCUT2D eigenvalue weighted by Crippen LogP contribution is -2.75. The largest absolute Gasteiger partial charge is 0.0613 e. The highest BCUT2D eigenvalue weighted by molar-refractivity contribution is 5.51. The molecule has 2 aliphatic carbocycles. The van der Waals surface area contributed by atoms with Crippen LogP contribution in [0.4, 0.5) is 0 Å². The third kappa shape index (κ3) is 1.44. The second-order valence-corrected chi connectivity index (χ2v) is 7.75. The van der Waals surface area contributed by atoms with Gasteiger partial charge in [0.1, 0.15) is 0 Å². The summed E-state index contributed by atoms with van der Waals surface area (Å²) in [6, 6.07) is 18.7. The Balaban J connectivity index is 1.84. The third-order valence-electron chi connectivity index (χ3n) is 7.15. The average Bonchev–Trinajstić information content (AvgIpc) is 2.50. The molecule has 4 atom stereocenters. The smallest absolute Gasteiger partial charge is 0.00812 e.